The molecular formula is C14H9Cl2N3O2. The molecule has 3 N–H and O–H groups in total. The first-order valence-electron chi connectivity index (χ1n) is 5.95. The van der Waals surface area contributed by atoms with Crippen LogP contribution in [0.4, 0.5) is 11.5 Å². The van der Waals surface area contributed by atoms with Crippen molar-refractivity contribution in [3.63, 3.8) is 0 Å². The Kier molecular flexibility index (Phi) is 3.45. The Bertz CT molecular complexity index is 828. The summed E-state index contributed by atoms with van der Waals surface area (Å²) in [6.45, 7) is 0. The molecule has 0 fully saturated rings. The van der Waals surface area contributed by atoms with E-state index in [1.54, 1.807) is 30.3 Å². The highest BCUT2D eigenvalue weighted by molar-refractivity contribution is 6.37. The molecule has 3 aromatic rings. The summed E-state index contributed by atoms with van der Waals surface area (Å²) in [4.78, 5) is 16.2. The van der Waals surface area contributed by atoms with Gasteiger partial charge in [0, 0.05) is 6.20 Å². The predicted molar refractivity (Wildman–Crippen MR) is 82.8 cm³/mol. The van der Waals surface area contributed by atoms with Crippen LogP contribution in [0.2, 0.25) is 10.0 Å². The summed E-state index contributed by atoms with van der Waals surface area (Å²) in [5.41, 5.74) is 6.59. The Labute approximate surface area is 129 Å². The van der Waals surface area contributed by atoms with Crippen LogP contribution in [0.5, 0.6) is 0 Å². The van der Waals surface area contributed by atoms with E-state index in [-0.39, 0.29) is 11.4 Å². The zero-order valence-electron chi connectivity index (χ0n) is 10.6. The highest BCUT2D eigenvalue weighted by Gasteiger charge is 2.20. The van der Waals surface area contributed by atoms with Crippen LogP contribution in [0.1, 0.15) is 10.6 Å². The Morgan fingerprint density at radius 2 is 2.05 bits per heavy atom. The van der Waals surface area contributed by atoms with Crippen molar-refractivity contribution in [1.29, 1.82) is 0 Å². The molecular weight excluding hydrogens is 313 g/mol. The van der Waals surface area contributed by atoms with Gasteiger partial charge in [-0.25, -0.2) is 4.98 Å². The van der Waals surface area contributed by atoms with E-state index < -0.39 is 5.91 Å². The third-order valence-corrected chi connectivity index (χ3v) is 3.42. The second-order valence-electron chi connectivity index (χ2n) is 4.27. The summed E-state index contributed by atoms with van der Waals surface area (Å²) in [5, 5.41) is 4.01. The molecule has 5 nitrogen and oxygen atoms in total. The normalized spacial score (nSPS) is 10.8. The number of benzene rings is 1. The predicted octanol–water partition coefficient (Wildman–Crippen LogP) is 3.97. The number of hydrogen-bond donors (Lipinski definition) is 2. The van der Waals surface area contributed by atoms with Crippen molar-refractivity contribution in [2.75, 3.05) is 11.1 Å². The van der Waals surface area contributed by atoms with Crippen LogP contribution in [0, 0.1) is 0 Å². The molecule has 0 aliphatic rings. The second kappa shape index (κ2) is 5.27. The number of halogens is 2. The summed E-state index contributed by atoms with van der Waals surface area (Å²) in [6, 6.07) is 8.28. The number of nitrogens with two attached hydrogens (primary N) is 1. The maximum Gasteiger partial charge on any atom is 0.294 e. The number of nitrogens with one attached hydrogen (secondary N) is 1. The summed E-state index contributed by atoms with van der Waals surface area (Å²) in [5.74, 6) is -0.167. The summed E-state index contributed by atoms with van der Waals surface area (Å²) < 4.78 is 5.46. The largest absolute Gasteiger partial charge is 0.449 e. The number of nitrogen functional groups attached to an aromatic ring is 1. The van der Waals surface area contributed by atoms with E-state index in [2.05, 4.69) is 10.3 Å². The summed E-state index contributed by atoms with van der Waals surface area (Å²) in [7, 11) is 0. The van der Waals surface area contributed by atoms with Crippen molar-refractivity contribution >= 4 is 51.6 Å². The fourth-order valence-electron chi connectivity index (χ4n) is 1.92. The lowest BCUT2D eigenvalue weighted by Gasteiger charge is -2.02. The van der Waals surface area contributed by atoms with Crippen molar-refractivity contribution in [2.45, 2.75) is 0 Å². The van der Waals surface area contributed by atoms with E-state index in [1.807, 2.05) is 0 Å². The zero-order valence-corrected chi connectivity index (χ0v) is 12.1. The Morgan fingerprint density at radius 1 is 1.24 bits per heavy atom. The van der Waals surface area contributed by atoms with Crippen LogP contribution in [-0.4, -0.2) is 10.9 Å². The third kappa shape index (κ3) is 2.53. The molecule has 3 rings (SSSR count). The number of furan rings is 1. The Hall–Kier alpha value is -2.24. The molecule has 2 aromatic heterocycles. The lowest BCUT2D eigenvalue weighted by molar-refractivity contribution is 0.0999. The molecule has 21 heavy (non-hydrogen) atoms. The number of hydrogen-bond acceptors (Lipinski definition) is 4. The number of pyridine rings is 1. The lowest BCUT2D eigenvalue weighted by Crippen LogP contribution is -2.13. The molecule has 0 spiro atoms. The van der Waals surface area contributed by atoms with E-state index in [0.717, 1.165) is 0 Å². The molecule has 0 aliphatic heterocycles. The van der Waals surface area contributed by atoms with Gasteiger partial charge in [-0.1, -0.05) is 29.3 Å². The van der Waals surface area contributed by atoms with Gasteiger partial charge < -0.3 is 15.5 Å². The van der Waals surface area contributed by atoms with Crippen LogP contribution in [-0.2, 0) is 0 Å². The first-order chi connectivity index (χ1) is 10.1. The van der Waals surface area contributed by atoms with Gasteiger partial charge in [0.05, 0.1) is 21.1 Å². The number of carbonyl (C=O) groups is 1. The zero-order chi connectivity index (χ0) is 15.0. The smallest absolute Gasteiger partial charge is 0.294 e. The van der Waals surface area contributed by atoms with Gasteiger partial charge in [0.1, 0.15) is 11.4 Å². The summed E-state index contributed by atoms with van der Waals surface area (Å²) >= 11 is 11.8. The highest BCUT2D eigenvalue weighted by atomic mass is 35.5. The average molecular weight is 322 g/mol. The van der Waals surface area contributed by atoms with Gasteiger partial charge in [-0.15, -0.1) is 0 Å². The molecule has 2 heterocycles. The van der Waals surface area contributed by atoms with Gasteiger partial charge in [0.2, 0.25) is 5.76 Å². The average Bonchev–Trinajstić information content (AvgIpc) is 2.80. The molecule has 106 valence electrons. The van der Waals surface area contributed by atoms with E-state index in [1.165, 1.54) is 6.20 Å². The molecule has 0 atom stereocenters. The molecule has 0 bridgehead atoms. The van der Waals surface area contributed by atoms with Gasteiger partial charge >= 0.3 is 0 Å². The highest BCUT2D eigenvalue weighted by Crippen LogP contribution is 2.34. The molecule has 1 aromatic carbocycles. The van der Waals surface area contributed by atoms with E-state index >= 15 is 0 Å². The van der Waals surface area contributed by atoms with Crippen LogP contribution >= 0.6 is 23.2 Å². The van der Waals surface area contributed by atoms with Crippen LogP contribution in [0.15, 0.2) is 40.9 Å². The van der Waals surface area contributed by atoms with Crippen molar-refractivity contribution < 1.29 is 9.21 Å². The second-order valence-corrected chi connectivity index (χ2v) is 5.12. The lowest BCUT2D eigenvalue weighted by atomic mass is 10.2. The van der Waals surface area contributed by atoms with Crippen LogP contribution in [0.3, 0.4) is 0 Å². The molecule has 0 saturated carbocycles. The van der Waals surface area contributed by atoms with Crippen molar-refractivity contribution in [1.82, 2.24) is 4.98 Å². The Morgan fingerprint density at radius 3 is 2.71 bits per heavy atom. The van der Waals surface area contributed by atoms with Crippen LogP contribution in [0.25, 0.3) is 11.0 Å². The number of anilines is 2. The molecule has 1 amide bonds. The molecule has 7 heteroatoms. The van der Waals surface area contributed by atoms with E-state index in [0.29, 0.717) is 26.8 Å². The van der Waals surface area contributed by atoms with Gasteiger partial charge in [0.15, 0.2) is 0 Å². The minimum absolute atomic E-state index is 0.00477. The number of carbonyl (C=O) groups excluding carboxylic acids is 1. The first-order valence-corrected chi connectivity index (χ1v) is 6.71. The maximum atomic E-state index is 12.2. The van der Waals surface area contributed by atoms with Gasteiger partial charge in [-0.05, 0) is 24.3 Å². The van der Waals surface area contributed by atoms with Crippen molar-refractivity contribution in [2.24, 2.45) is 0 Å². The van der Waals surface area contributed by atoms with E-state index in [9.17, 15) is 4.79 Å². The molecule has 0 unspecified atom stereocenters. The van der Waals surface area contributed by atoms with Crippen molar-refractivity contribution in [3.8, 4) is 0 Å². The number of rotatable bonds is 2. The maximum absolute atomic E-state index is 12.2. The van der Waals surface area contributed by atoms with Gasteiger partial charge in [-0.3, -0.25) is 4.79 Å². The molecule has 0 saturated heterocycles. The molecule has 0 aliphatic carbocycles. The molecule has 0 radical (unpaired) electrons. The standard InChI is InChI=1S/C14H9Cl2N3O2/c15-7-4-5-10(18-6-7)19-14(20)13-12(17)11-8(16)2-1-3-9(11)21-13/h1-6H,17H2,(H,18,19,20). The van der Waals surface area contributed by atoms with Crippen molar-refractivity contribution in [3.05, 3.63) is 52.3 Å². The quantitative estimate of drug-likeness (QED) is 0.748. The fourth-order valence-corrected chi connectivity index (χ4v) is 2.30. The minimum Gasteiger partial charge on any atom is -0.449 e. The number of amides is 1. The SMILES string of the molecule is Nc1c(C(=O)Nc2ccc(Cl)cn2)oc2cccc(Cl)c12. The number of nitrogens with zero attached hydrogens (tertiary/aromatic N) is 1. The third-order valence-electron chi connectivity index (χ3n) is 2.88. The Balaban J connectivity index is 1.96. The summed E-state index contributed by atoms with van der Waals surface area (Å²) in [6.07, 6.45) is 1.43. The topological polar surface area (TPSA) is 81.2 Å². The van der Waals surface area contributed by atoms with Crippen LogP contribution < -0.4 is 11.1 Å². The van der Waals surface area contributed by atoms with E-state index in [4.69, 9.17) is 33.4 Å². The monoisotopic (exact) mass is 321 g/mol. The number of fused-ring (bicyclic) bond motifs is 1. The van der Waals surface area contributed by atoms with Gasteiger partial charge in [-0.2, -0.15) is 0 Å². The first kappa shape index (κ1) is 13.7. The fraction of sp³-hybridized carbons (Fsp3) is 0. The van der Waals surface area contributed by atoms with Gasteiger partial charge in [0.25, 0.3) is 5.91 Å². The number of aromatic nitrogens is 1. The minimum atomic E-state index is -0.505.